The number of nitrogens with zero attached hydrogens (tertiary/aromatic N) is 1. The van der Waals surface area contributed by atoms with E-state index >= 15 is 0 Å². The molecule has 0 amide bonds. The van der Waals surface area contributed by atoms with Crippen molar-refractivity contribution in [2.45, 2.75) is 31.7 Å². The lowest BCUT2D eigenvalue weighted by Gasteiger charge is -2.28. The molecule has 0 radical (unpaired) electrons. The van der Waals surface area contributed by atoms with Crippen LogP contribution < -0.4 is 5.32 Å². The maximum absolute atomic E-state index is 9.41. The van der Waals surface area contributed by atoms with Crippen LogP contribution in [0.25, 0.3) is 0 Å². The molecule has 3 heteroatoms. The standard InChI is InChI=1S/C13H15BrN2/c1-2-13(9-15,10-7-8-10)16-12-6-4-3-5-11(12)14/h3-6,10,16H,2,7-8H2,1H3. The lowest BCUT2D eigenvalue weighted by molar-refractivity contribution is 0.499. The quantitative estimate of drug-likeness (QED) is 0.906. The maximum atomic E-state index is 9.41. The van der Waals surface area contributed by atoms with Crippen molar-refractivity contribution >= 4 is 21.6 Å². The highest BCUT2D eigenvalue weighted by atomic mass is 79.9. The largest absolute Gasteiger partial charge is 0.366 e. The highest BCUT2D eigenvalue weighted by molar-refractivity contribution is 9.10. The summed E-state index contributed by atoms with van der Waals surface area (Å²) in [5.74, 6) is 0.509. The summed E-state index contributed by atoms with van der Waals surface area (Å²) in [6, 6.07) is 10.4. The Balaban J connectivity index is 2.25. The molecule has 0 spiro atoms. The van der Waals surface area contributed by atoms with E-state index in [1.165, 1.54) is 12.8 Å². The molecule has 0 aliphatic heterocycles. The Morgan fingerprint density at radius 1 is 1.50 bits per heavy atom. The van der Waals surface area contributed by atoms with Crippen LogP contribution in [-0.4, -0.2) is 5.54 Å². The fourth-order valence-corrected chi connectivity index (χ4v) is 2.44. The Morgan fingerprint density at radius 2 is 2.19 bits per heavy atom. The van der Waals surface area contributed by atoms with Gasteiger partial charge in [-0.2, -0.15) is 5.26 Å². The molecule has 1 N–H and O–H groups in total. The van der Waals surface area contributed by atoms with Crippen molar-refractivity contribution in [1.82, 2.24) is 0 Å². The first-order valence-electron chi connectivity index (χ1n) is 5.66. The first-order chi connectivity index (χ1) is 7.72. The van der Waals surface area contributed by atoms with E-state index in [9.17, 15) is 5.26 Å². The van der Waals surface area contributed by atoms with Crippen molar-refractivity contribution in [2.24, 2.45) is 5.92 Å². The minimum Gasteiger partial charge on any atom is -0.366 e. The number of rotatable bonds is 4. The van der Waals surface area contributed by atoms with Gasteiger partial charge in [-0.15, -0.1) is 0 Å². The molecule has 1 aliphatic carbocycles. The predicted molar refractivity (Wildman–Crippen MR) is 69.1 cm³/mol. The zero-order valence-electron chi connectivity index (χ0n) is 9.33. The van der Waals surface area contributed by atoms with Crippen molar-refractivity contribution in [3.8, 4) is 6.07 Å². The molecule has 0 aromatic heterocycles. The third kappa shape index (κ3) is 2.08. The van der Waals surface area contributed by atoms with E-state index in [1.807, 2.05) is 24.3 Å². The first kappa shape index (κ1) is 11.5. The van der Waals surface area contributed by atoms with Gasteiger partial charge in [0.2, 0.25) is 0 Å². The second-order valence-electron chi connectivity index (χ2n) is 4.32. The maximum Gasteiger partial charge on any atom is 0.128 e. The van der Waals surface area contributed by atoms with Gasteiger partial charge in [0.05, 0.1) is 6.07 Å². The summed E-state index contributed by atoms with van der Waals surface area (Å²) >= 11 is 3.50. The van der Waals surface area contributed by atoms with E-state index in [4.69, 9.17) is 0 Å². The van der Waals surface area contributed by atoms with Gasteiger partial charge in [0.1, 0.15) is 5.54 Å². The molecule has 2 rings (SSSR count). The number of hydrogen-bond donors (Lipinski definition) is 1. The SMILES string of the molecule is CCC(C#N)(Nc1ccccc1Br)C1CC1. The molecule has 1 saturated carbocycles. The molecule has 84 valence electrons. The van der Waals surface area contributed by atoms with Gasteiger partial charge in [-0.25, -0.2) is 0 Å². The first-order valence-corrected chi connectivity index (χ1v) is 6.45. The van der Waals surface area contributed by atoms with E-state index < -0.39 is 0 Å². The molecule has 2 nitrogen and oxygen atoms in total. The van der Waals surface area contributed by atoms with Gasteiger partial charge in [-0.1, -0.05) is 19.1 Å². The van der Waals surface area contributed by atoms with Crippen molar-refractivity contribution in [3.63, 3.8) is 0 Å². The zero-order valence-corrected chi connectivity index (χ0v) is 10.9. The Hall–Kier alpha value is -1.01. The third-order valence-electron chi connectivity index (χ3n) is 3.26. The molecule has 1 aromatic rings. The van der Waals surface area contributed by atoms with Gasteiger partial charge in [0.25, 0.3) is 0 Å². The van der Waals surface area contributed by atoms with E-state index in [2.05, 4.69) is 34.2 Å². The van der Waals surface area contributed by atoms with Crippen molar-refractivity contribution in [1.29, 1.82) is 5.26 Å². The minimum atomic E-state index is -0.385. The molecule has 1 fully saturated rings. The van der Waals surface area contributed by atoms with Crippen LogP contribution in [-0.2, 0) is 0 Å². The van der Waals surface area contributed by atoms with Crippen LogP contribution in [0, 0.1) is 17.2 Å². The highest BCUT2D eigenvalue weighted by Crippen LogP contribution is 2.43. The second-order valence-corrected chi connectivity index (χ2v) is 5.17. The summed E-state index contributed by atoms with van der Waals surface area (Å²) in [6.45, 7) is 2.07. The molecule has 1 unspecified atom stereocenters. The van der Waals surface area contributed by atoms with Gasteiger partial charge in [-0.05, 0) is 53.2 Å². The predicted octanol–water partition coefficient (Wildman–Crippen LogP) is 3.94. The fraction of sp³-hybridized carbons (Fsp3) is 0.462. The van der Waals surface area contributed by atoms with Crippen LogP contribution >= 0.6 is 15.9 Å². The molecule has 1 atom stereocenters. The van der Waals surface area contributed by atoms with Crippen LogP contribution in [0.1, 0.15) is 26.2 Å². The van der Waals surface area contributed by atoms with Crippen LogP contribution in [0.4, 0.5) is 5.69 Å². The van der Waals surface area contributed by atoms with Gasteiger partial charge in [-0.3, -0.25) is 0 Å². The van der Waals surface area contributed by atoms with Crippen LogP contribution in [0.5, 0.6) is 0 Å². The number of para-hydroxylation sites is 1. The van der Waals surface area contributed by atoms with E-state index in [0.29, 0.717) is 5.92 Å². The van der Waals surface area contributed by atoms with Crippen LogP contribution in [0.15, 0.2) is 28.7 Å². The van der Waals surface area contributed by atoms with E-state index in [-0.39, 0.29) is 5.54 Å². The van der Waals surface area contributed by atoms with Crippen LogP contribution in [0.3, 0.4) is 0 Å². The summed E-state index contributed by atoms with van der Waals surface area (Å²) in [5.41, 5.74) is 0.627. The number of benzene rings is 1. The average molecular weight is 279 g/mol. The van der Waals surface area contributed by atoms with Gasteiger partial charge in [0.15, 0.2) is 0 Å². The minimum absolute atomic E-state index is 0.385. The van der Waals surface area contributed by atoms with Crippen LogP contribution in [0.2, 0.25) is 0 Å². The summed E-state index contributed by atoms with van der Waals surface area (Å²) in [5, 5.41) is 12.8. The highest BCUT2D eigenvalue weighted by Gasteiger charge is 2.44. The second kappa shape index (κ2) is 4.47. The molecular formula is C13H15BrN2. The monoisotopic (exact) mass is 278 g/mol. The Labute approximate surface area is 105 Å². The molecule has 0 heterocycles. The lowest BCUT2D eigenvalue weighted by atomic mass is 9.91. The topological polar surface area (TPSA) is 35.8 Å². The molecule has 16 heavy (non-hydrogen) atoms. The van der Waals surface area contributed by atoms with E-state index in [1.54, 1.807) is 0 Å². The van der Waals surface area contributed by atoms with Crippen molar-refractivity contribution in [2.75, 3.05) is 5.32 Å². The Bertz CT molecular complexity index is 420. The smallest absolute Gasteiger partial charge is 0.128 e. The number of anilines is 1. The zero-order chi connectivity index (χ0) is 11.6. The molecule has 1 aliphatic rings. The number of nitriles is 1. The number of nitrogens with one attached hydrogen (secondary N) is 1. The Kier molecular flexibility index (Phi) is 3.20. The van der Waals surface area contributed by atoms with E-state index in [0.717, 1.165) is 16.6 Å². The lowest BCUT2D eigenvalue weighted by Crippen LogP contribution is -2.38. The average Bonchev–Trinajstić information content (AvgIpc) is 3.13. The fourth-order valence-electron chi connectivity index (χ4n) is 2.06. The number of halogens is 1. The number of hydrogen-bond acceptors (Lipinski definition) is 2. The Morgan fingerprint density at radius 3 is 2.69 bits per heavy atom. The molecule has 0 bridgehead atoms. The van der Waals surface area contributed by atoms with Gasteiger partial charge in [0, 0.05) is 10.2 Å². The third-order valence-corrected chi connectivity index (χ3v) is 3.95. The van der Waals surface area contributed by atoms with Crippen molar-refractivity contribution in [3.05, 3.63) is 28.7 Å². The molecule has 1 aromatic carbocycles. The summed E-state index contributed by atoms with van der Waals surface area (Å²) < 4.78 is 1.02. The summed E-state index contributed by atoms with van der Waals surface area (Å²) in [7, 11) is 0. The van der Waals surface area contributed by atoms with Gasteiger partial charge < -0.3 is 5.32 Å². The van der Waals surface area contributed by atoms with Gasteiger partial charge >= 0.3 is 0 Å². The normalized spacial score (nSPS) is 18.6. The summed E-state index contributed by atoms with van der Waals surface area (Å²) in [4.78, 5) is 0. The molecular weight excluding hydrogens is 264 g/mol. The summed E-state index contributed by atoms with van der Waals surface area (Å²) in [6.07, 6.45) is 3.17. The van der Waals surface area contributed by atoms with Crippen molar-refractivity contribution < 1.29 is 0 Å². The molecule has 0 saturated heterocycles.